The molecule has 1 heteroatoms. The van der Waals surface area contributed by atoms with Gasteiger partial charge in [-0.05, 0) is 169 Å². The van der Waals surface area contributed by atoms with Crippen LogP contribution in [0.4, 0.5) is 17.1 Å². The fourth-order valence-electron chi connectivity index (χ4n) is 13.9. The summed E-state index contributed by atoms with van der Waals surface area (Å²) in [6.07, 6.45) is 11.5. The Morgan fingerprint density at radius 3 is 1.63 bits per heavy atom. The van der Waals surface area contributed by atoms with Crippen molar-refractivity contribution >= 4 is 23.1 Å². The van der Waals surface area contributed by atoms with Crippen molar-refractivity contribution in [2.24, 2.45) is 23.7 Å². The molecule has 13 rings (SSSR count). The monoisotopic (exact) mass is 837 g/mol. The highest BCUT2D eigenvalue weighted by Gasteiger charge is 2.52. The molecule has 0 heterocycles. The average molecular weight is 838 g/mol. The first kappa shape index (κ1) is 38.7. The Hall–Kier alpha value is -6.70. The van der Waals surface area contributed by atoms with E-state index in [4.69, 9.17) is 0 Å². The molecule has 0 N–H and O–H groups in total. The van der Waals surface area contributed by atoms with Crippen molar-refractivity contribution in [3.63, 3.8) is 0 Å². The summed E-state index contributed by atoms with van der Waals surface area (Å²) in [5.74, 6) is 3.11. The lowest BCUT2D eigenvalue weighted by Crippen LogP contribution is -2.36. The standard InChI is InChI=1S/C64H55N/c1-41-25-33-55-56(37-41)49(35-36-57(55)63(3)39-45-26-27-46(40-63)42(45)2)44-28-30-47(31-29-44)65(62-24-14-10-17-50(62)43-15-5-4-6-16-43)48-32-34-54-53-20-9-13-23-60(53)64(61(54)38-48)58-21-11-7-18-51(58)52-19-8-12-22-59(52)64/h4-25,28-36,38,41-42,45-46H,26-27,37,39-40H2,1-3H3/t41?,42-,45+,46?,63?/m0/s1. The second-order valence-corrected chi connectivity index (χ2v) is 20.4. The lowest BCUT2D eigenvalue weighted by Gasteiger charge is -2.43. The van der Waals surface area contributed by atoms with E-state index >= 15 is 0 Å². The van der Waals surface area contributed by atoms with E-state index in [0.717, 1.165) is 41.2 Å². The molecule has 5 aliphatic carbocycles. The van der Waals surface area contributed by atoms with Crippen LogP contribution in [0.1, 0.15) is 85.4 Å². The van der Waals surface area contributed by atoms with Gasteiger partial charge in [-0.2, -0.15) is 0 Å². The van der Waals surface area contributed by atoms with E-state index in [9.17, 15) is 0 Å². The molecule has 3 unspecified atom stereocenters. The molecule has 316 valence electrons. The average Bonchev–Trinajstić information content (AvgIpc) is 3.90. The largest absolute Gasteiger partial charge is 0.310 e. The van der Waals surface area contributed by atoms with Gasteiger partial charge >= 0.3 is 0 Å². The van der Waals surface area contributed by atoms with Gasteiger partial charge in [0.25, 0.3) is 0 Å². The minimum absolute atomic E-state index is 0.237. The Morgan fingerprint density at radius 1 is 0.462 bits per heavy atom. The predicted molar refractivity (Wildman–Crippen MR) is 272 cm³/mol. The van der Waals surface area contributed by atoms with Crippen molar-refractivity contribution in [1.82, 2.24) is 0 Å². The molecule has 5 aliphatic rings. The van der Waals surface area contributed by atoms with E-state index in [0.29, 0.717) is 5.92 Å². The summed E-state index contributed by atoms with van der Waals surface area (Å²) in [7, 11) is 0. The lowest BCUT2D eigenvalue weighted by atomic mass is 9.61. The number of benzene rings is 8. The van der Waals surface area contributed by atoms with Crippen molar-refractivity contribution in [2.45, 2.75) is 63.7 Å². The molecule has 1 spiro atoms. The third-order valence-electron chi connectivity index (χ3n) is 16.9. The molecule has 0 amide bonds. The molecule has 0 aromatic heterocycles. The number of para-hydroxylation sites is 1. The van der Waals surface area contributed by atoms with Crippen molar-refractivity contribution in [3.8, 4) is 44.5 Å². The molecule has 0 radical (unpaired) electrons. The quantitative estimate of drug-likeness (QED) is 0.161. The van der Waals surface area contributed by atoms with Gasteiger partial charge in [0.15, 0.2) is 0 Å². The summed E-state index contributed by atoms with van der Waals surface area (Å²) in [5.41, 5.74) is 23.7. The van der Waals surface area contributed by atoms with Crippen LogP contribution in [-0.2, 0) is 17.3 Å². The van der Waals surface area contributed by atoms with E-state index in [1.54, 1.807) is 5.56 Å². The maximum absolute atomic E-state index is 2.59. The number of rotatable bonds is 6. The molecule has 65 heavy (non-hydrogen) atoms. The van der Waals surface area contributed by atoms with Gasteiger partial charge in [-0.3, -0.25) is 0 Å². The third-order valence-corrected chi connectivity index (χ3v) is 16.9. The molecule has 8 aromatic rings. The van der Waals surface area contributed by atoms with Crippen molar-refractivity contribution in [2.75, 3.05) is 4.90 Å². The first-order chi connectivity index (χ1) is 31.9. The highest BCUT2D eigenvalue weighted by Crippen LogP contribution is 2.63. The molecule has 0 saturated heterocycles. The topological polar surface area (TPSA) is 3.24 Å². The molecule has 1 nitrogen and oxygen atoms in total. The molecule has 2 fully saturated rings. The highest BCUT2D eigenvalue weighted by atomic mass is 15.1. The van der Waals surface area contributed by atoms with Crippen LogP contribution in [0.25, 0.3) is 50.6 Å². The Bertz CT molecular complexity index is 3130. The second kappa shape index (κ2) is 14.7. The van der Waals surface area contributed by atoms with Crippen molar-refractivity contribution in [1.29, 1.82) is 0 Å². The Labute approximate surface area is 385 Å². The van der Waals surface area contributed by atoms with Gasteiger partial charge in [0.2, 0.25) is 0 Å². The number of hydrogen-bond acceptors (Lipinski definition) is 1. The summed E-state index contributed by atoms with van der Waals surface area (Å²) in [4.78, 5) is 2.51. The molecule has 5 atom stereocenters. The number of hydrogen-bond donors (Lipinski definition) is 0. The molecule has 2 bridgehead atoms. The van der Waals surface area contributed by atoms with E-state index in [2.05, 4.69) is 220 Å². The van der Waals surface area contributed by atoms with Gasteiger partial charge in [-0.15, -0.1) is 0 Å². The Morgan fingerprint density at radius 2 is 0.985 bits per heavy atom. The fraction of sp³-hybridized carbons (Fsp3) is 0.219. The van der Waals surface area contributed by atoms with E-state index in [-0.39, 0.29) is 5.41 Å². The van der Waals surface area contributed by atoms with Crippen molar-refractivity contribution in [3.05, 3.63) is 227 Å². The van der Waals surface area contributed by atoms with Gasteiger partial charge in [-0.25, -0.2) is 0 Å². The summed E-state index contributed by atoms with van der Waals surface area (Å²) in [6.45, 7) is 7.50. The van der Waals surface area contributed by atoms with Crippen LogP contribution in [0, 0.1) is 23.7 Å². The van der Waals surface area contributed by atoms with E-state index in [1.807, 2.05) is 0 Å². The van der Waals surface area contributed by atoms with E-state index < -0.39 is 5.41 Å². The Balaban J connectivity index is 0.976. The SMILES string of the molecule is CC1C=Cc2c(C3(C)CC4CC[C@H](C3)[C@@H]4C)ccc(-c3ccc(N(c4ccc5c(c4)C4(c6ccccc6-c6ccccc64)c4ccccc4-5)c4ccccc4-c4ccccc4)cc3)c2C1. The minimum Gasteiger partial charge on any atom is -0.310 e. The lowest BCUT2D eigenvalue weighted by molar-refractivity contribution is 0.162. The normalized spacial score (nSPS) is 22.5. The zero-order chi connectivity index (χ0) is 43.4. The first-order valence-electron chi connectivity index (χ1n) is 24.2. The van der Waals surface area contributed by atoms with Gasteiger partial charge in [0.1, 0.15) is 0 Å². The van der Waals surface area contributed by atoms with Crippen LogP contribution in [0.15, 0.2) is 188 Å². The first-order valence-corrected chi connectivity index (χ1v) is 24.2. The van der Waals surface area contributed by atoms with Crippen LogP contribution >= 0.6 is 0 Å². The smallest absolute Gasteiger partial charge is 0.0726 e. The maximum Gasteiger partial charge on any atom is 0.0726 e. The number of nitrogens with zero attached hydrogens (tertiary/aromatic N) is 1. The van der Waals surface area contributed by atoms with Crippen LogP contribution in [0.5, 0.6) is 0 Å². The summed E-state index contributed by atoms with van der Waals surface area (Å²) in [5, 5.41) is 0. The second-order valence-electron chi connectivity index (χ2n) is 20.4. The Kier molecular flexibility index (Phi) is 8.74. The van der Waals surface area contributed by atoms with E-state index in [1.165, 1.54) is 104 Å². The van der Waals surface area contributed by atoms with Gasteiger partial charge in [0.05, 0.1) is 11.1 Å². The molecular weight excluding hydrogens is 783 g/mol. The van der Waals surface area contributed by atoms with Crippen LogP contribution in [-0.4, -0.2) is 0 Å². The predicted octanol–water partition coefficient (Wildman–Crippen LogP) is 16.8. The summed E-state index contributed by atoms with van der Waals surface area (Å²) >= 11 is 0. The van der Waals surface area contributed by atoms with Crippen molar-refractivity contribution < 1.29 is 0 Å². The summed E-state index contributed by atoms with van der Waals surface area (Å²) < 4.78 is 0. The van der Waals surface area contributed by atoms with Gasteiger partial charge in [0, 0.05) is 16.9 Å². The van der Waals surface area contributed by atoms with Crippen LogP contribution in [0.2, 0.25) is 0 Å². The number of allylic oxidation sites excluding steroid dienone is 1. The van der Waals surface area contributed by atoms with Crippen LogP contribution in [0.3, 0.4) is 0 Å². The molecular formula is C64H55N. The fourth-order valence-corrected chi connectivity index (χ4v) is 13.9. The zero-order valence-electron chi connectivity index (χ0n) is 37.8. The number of anilines is 3. The zero-order valence-corrected chi connectivity index (χ0v) is 37.8. The molecule has 0 aliphatic heterocycles. The van der Waals surface area contributed by atoms with Crippen LogP contribution < -0.4 is 4.90 Å². The molecule has 2 saturated carbocycles. The molecule has 8 aromatic carbocycles. The van der Waals surface area contributed by atoms with Gasteiger partial charge < -0.3 is 4.90 Å². The third kappa shape index (κ3) is 5.70. The highest BCUT2D eigenvalue weighted by molar-refractivity contribution is 5.97. The maximum atomic E-state index is 2.59. The summed E-state index contributed by atoms with van der Waals surface area (Å²) in [6, 6.07) is 69.0. The minimum atomic E-state index is -0.424. The number of fused-ring (bicyclic) bond motifs is 13. The van der Waals surface area contributed by atoms with Gasteiger partial charge in [-0.1, -0.05) is 185 Å².